The van der Waals surface area contributed by atoms with Crippen molar-refractivity contribution < 1.29 is 46.9 Å². The zero-order chi connectivity index (χ0) is 29.1. The molecule has 1 heterocycles. The Morgan fingerprint density at radius 1 is 1.23 bits per heavy atom. The van der Waals surface area contributed by atoms with Crippen molar-refractivity contribution in [2.75, 3.05) is 19.8 Å². The number of carbonyl (C=O) groups is 1. The molecular weight excluding hydrogens is 537 g/mol. The van der Waals surface area contributed by atoms with E-state index in [9.17, 15) is 28.7 Å². The van der Waals surface area contributed by atoms with Crippen LogP contribution in [0, 0.1) is 11.3 Å². The summed E-state index contributed by atoms with van der Waals surface area (Å²) in [6.45, 7) is 3.02. The third kappa shape index (κ3) is 10.2. The fraction of sp³-hybridized carbons (Fsp3) is 0.600. The normalized spacial score (nSPS) is 24.7. The zero-order valence-electron chi connectivity index (χ0n) is 21.9. The van der Waals surface area contributed by atoms with E-state index < -0.39 is 54.6 Å². The molecule has 1 amide bonds. The van der Waals surface area contributed by atoms with Crippen molar-refractivity contribution in [1.82, 2.24) is 5.32 Å². The van der Waals surface area contributed by atoms with Crippen molar-refractivity contribution in [2.45, 2.75) is 70.3 Å². The number of benzene rings is 1. The molecule has 0 bridgehead atoms. The Bertz CT molecular complexity index is 1010. The van der Waals surface area contributed by atoms with Crippen LogP contribution in [0.15, 0.2) is 35.5 Å². The number of alkyl halides is 1. The van der Waals surface area contributed by atoms with E-state index in [2.05, 4.69) is 9.50 Å². The predicted octanol–water partition coefficient (Wildman–Crippen LogP) is 0.461. The number of halogens is 1. The molecule has 0 radical (unpaired) electrons. The fourth-order valence-corrected chi connectivity index (χ4v) is 4.09. The summed E-state index contributed by atoms with van der Waals surface area (Å²) in [7, 11) is 0. The third-order valence-electron chi connectivity index (χ3n) is 6.16. The number of hydrogen-bond donors (Lipinski definition) is 7. The number of allylic oxidation sites excluding steroid dienone is 1. The van der Waals surface area contributed by atoms with E-state index in [1.807, 2.05) is 38.1 Å². The van der Waals surface area contributed by atoms with Crippen LogP contribution in [-0.4, -0.2) is 86.4 Å². The SMILES string of the molecule is CC(C)/C(N)=C(\Cc1ccc(CCCC(=O)NCCOS(=O)O)cc1)C(=N)OC1OC(CO)C(F)C(O)C1O. The smallest absolute Gasteiger partial charge is 0.301 e. The lowest BCUT2D eigenvalue weighted by Gasteiger charge is -2.38. The molecule has 1 saturated heterocycles. The minimum Gasteiger partial charge on any atom is -0.445 e. The molecule has 2 rings (SSSR count). The van der Waals surface area contributed by atoms with Gasteiger partial charge in [0.25, 0.3) is 0 Å². The Kier molecular flexibility index (Phi) is 13.4. The molecular formula is C25H38FN3O9S. The van der Waals surface area contributed by atoms with Crippen molar-refractivity contribution in [3.05, 3.63) is 46.7 Å². The van der Waals surface area contributed by atoms with Gasteiger partial charge in [-0.2, -0.15) is 4.21 Å². The molecule has 1 fully saturated rings. The van der Waals surface area contributed by atoms with Crippen molar-refractivity contribution in [2.24, 2.45) is 11.7 Å². The topological polar surface area (TPSA) is 205 Å². The van der Waals surface area contributed by atoms with Crippen molar-refractivity contribution in [1.29, 1.82) is 5.41 Å². The highest BCUT2D eigenvalue weighted by Gasteiger charge is 2.46. The first-order chi connectivity index (χ1) is 18.4. The highest BCUT2D eigenvalue weighted by Crippen LogP contribution is 2.26. The van der Waals surface area contributed by atoms with Crippen LogP contribution in [-0.2, 0) is 42.7 Å². The summed E-state index contributed by atoms with van der Waals surface area (Å²) in [5.74, 6) is -0.740. The molecule has 12 nitrogen and oxygen atoms in total. The number of aliphatic hydroxyl groups is 3. The van der Waals surface area contributed by atoms with Gasteiger partial charge in [-0.05, 0) is 29.9 Å². The second kappa shape index (κ2) is 16.0. The number of amides is 1. The Labute approximate surface area is 229 Å². The van der Waals surface area contributed by atoms with Crippen LogP contribution in [0.3, 0.4) is 0 Å². The number of hydrogen-bond acceptors (Lipinski definition) is 10. The van der Waals surface area contributed by atoms with E-state index in [4.69, 9.17) is 25.2 Å². The maximum absolute atomic E-state index is 14.0. The van der Waals surface area contributed by atoms with Gasteiger partial charge in [0, 0.05) is 30.7 Å². The number of aliphatic hydroxyl groups excluding tert-OH is 3. The van der Waals surface area contributed by atoms with Gasteiger partial charge in [-0.25, -0.2) is 4.39 Å². The van der Waals surface area contributed by atoms with E-state index in [1.54, 1.807) is 0 Å². The van der Waals surface area contributed by atoms with Crippen LogP contribution in [0.5, 0.6) is 0 Å². The van der Waals surface area contributed by atoms with Gasteiger partial charge in [-0.1, -0.05) is 38.1 Å². The Balaban J connectivity index is 1.97. The number of nitrogens with one attached hydrogen (secondary N) is 2. The molecule has 1 aromatic rings. The Morgan fingerprint density at radius 2 is 1.87 bits per heavy atom. The number of nitrogens with two attached hydrogens (primary N) is 1. The molecule has 0 aliphatic carbocycles. The minimum absolute atomic E-state index is 0.0615. The summed E-state index contributed by atoms with van der Waals surface area (Å²) in [6, 6.07) is 7.49. The van der Waals surface area contributed by atoms with Crippen LogP contribution in [0.4, 0.5) is 4.39 Å². The van der Waals surface area contributed by atoms with Gasteiger partial charge >= 0.3 is 11.4 Å². The van der Waals surface area contributed by atoms with E-state index in [0.29, 0.717) is 24.1 Å². The third-order valence-corrected chi connectivity index (χ3v) is 6.53. The fourth-order valence-electron chi connectivity index (χ4n) is 3.86. The molecule has 39 heavy (non-hydrogen) atoms. The molecule has 14 heteroatoms. The first kappa shape index (κ1) is 32.8. The summed E-state index contributed by atoms with van der Waals surface area (Å²) in [4.78, 5) is 11.8. The average molecular weight is 576 g/mol. The summed E-state index contributed by atoms with van der Waals surface area (Å²) >= 11 is -2.36. The van der Waals surface area contributed by atoms with Gasteiger partial charge in [0.05, 0.1) is 13.2 Å². The number of carbonyl (C=O) groups excluding carboxylic acids is 1. The second-order valence-corrected chi connectivity index (χ2v) is 10.1. The molecule has 6 unspecified atom stereocenters. The molecule has 1 aliphatic rings. The quantitative estimate of drug-likeness (QED) is 0.0706. The second-order valence-electron chi connectivity index (χ2n) is 9.42. The van der Waals surface area contributed by atoms with Gasteiger partial charge in [-0.15, -0.1) is 0 Å². The first-order valence-electron chi connectivity index (χ1n) is 12.5. The van der Waals surface area contributed by atoms with Crippen molar-refractivity contribution >= 4 is 23.2 Å². The standard InChI is InChI=1S/C25H38FN3O9S/c1-14(2)21(27)17(24(28)38-25-23(33)22(32)20(26)18(13-30)37-25)12-16-8-6-15(7-9-16)4-3-5-19(31)29-10-11-36-39(34)35/h6-9,14,18,20,22-23,25,28,30,32-33H,3-5,10-13,27H2,1-2H3,(H,29,31)(H,34,35)/b21-17-,28-24?. The van der Waals surface area contributed by atoms with Crippen LogP contribution < -0.4 is 11.1 Å². The summed E-state index contributed by atoms with van der Waals surface area (Å²) in [5, 5.41) is 40.5. The van der Waals surface area contributed by atoms with Crippen molar-refractivity contribution in [3.8, 4) is 0 Å². The van der Waals surface area contributed by atoms with Gasteiger partial charge < -0.3 is 35.8 Å². The van der Waals surface area contributed by atoms with Crippen LogP contribution in [0.2, 0.25) is 0 Å². The summed E-state index contributed by atoms with van der Waals surface area (Å²) in [5.41, 5.74) is 8.77. The lowest BCUT2D eigenvalue weighted by Crippen LogP contribution is -2.58. The largest absolute Gasteiger partial charge is 0.445 e. The van der Waals surface area contributed by atoms with Crippen LogP contribution in [0.25, 0.3) is 0 Å². The molecule has 0 saturated carbocycles. The van der Waals surface area contributed by atoms with E-state index in [0.717, 1.165) is 11.1 Å². The van der Waals surface area contributed by atoms with Crippen molar-refractivity contribution in [3.63, 3.8) is 0 Å². The molecule has 220 valence electrons. The number of ether oxygens (including phenoxy) is 2. The molecule has 1 aliphatic heterocycles. The molecule has 0 spiro atoms. The lowest BCUT2D eigenvalue weighted by atomic mass is 9.96. The maximum Gasteiger partial charge on any atom is 0.301 e. The first-order valence-corrected chi connectivity index (χ1v) is 13.6. The van der Waals surface area contributed by atoms with E-state index in [-0.39, 0.29) is 37.8 Å². The number of aryl methyl sites for hydroxylation is 1. The number of rotatable bonds is 14. The van der Waals surface area contributed by atoms with E-state index >= 15 is 0 Å². The predicted molar refractivity (Wildman–Crippen MR) is 140 cm³/mol. The van der Waals surface area contributed by atoms with E-state index in [1.165, 1.54) is 0 Å². The summed E-state index contributed by atoms with van der Waals surface area (Å²) < 4.78 is 48.1. The lowest BCUT2D eigenvalue weighted by molar-refractivity contribution is -0.269. The molecule has 0 aromatic heterocycles. The molecule has 1 aromatic carbocycles. The monoisotopic (exact) mass is 575 g/mol. The highest BCUT2D eigenvalue weighted by molar-refractivity contribution is 7.74. The van der Waals surface area contributed by atoms with Gasteiger partial charge in [0.2, 0.25) is 18.1 Å². The molecule has 6 atom stereocenters. The van der Waals surface area contributed by atoms with Gasteiger partial charge in [0.1, 0.15) is 18.3 Å². The van der Waals surface area contributed by atoms with Crippen LogP contribution in [0.1, 0.15) is 37.8 Å². The maximum atomic E-state index is 14.0. The summed E-state index contributed by atoms with van der Waals surface area (Å²) in [6.07, 6.45) is -6.90. The van der Waals surface area contributed by atoms with Crippen LogP contribution >= 0.6 is 0 Å². The Morgan fingerprint density at radius 3 is 2.46 bits per heavy atom. The van der Waals surface area contributed by atoms with Gasteiger partial charge in [0.15, 0.2) is 6.17 Å². The zero-order valence-corrected chi connectivity index (χ0v) is 22.7. The molecule has 8 N–H and O–H groups in total. The highest BCUT2D eigenvalue weighted by atomic mass is 32.2. The Hall–Kier alpha value is -2.46. The van der Waals surface area contributed by atoms with Gasteiger partial charge in [-0.3, -0.25) is 18.9 Å². The minimum atomic E-state index is -2.36. The average Bonchev–Trinajstić information content (AvgIpc) is 2.90.